The molecule has 108 valence electrons. The molecule has 1 aromatic carbocycles. The molecule has 0 radical (unpaired) electrons. The molecule has 0 saturated carbocycles. The molecule has 0 aliphatic heterocycles. The van der Waals surface area contributed by atoms with E-state index in [1.807, 2.05) is 0 Å². The molecule has 20 heavy (non-hydrogen) atoms. The van der Waals surface area contributed by atoms with E-state index in [2.05, 4.69) is 48.0 Å². The molecule has 3 N–H and O–H groups in total. The summed E-state index contributed by atoms with van der Waals surface area (Å²) in [4.78, 5) is 23.0. The number of aryl methyl sites for hydroxylation is 1. The van der Waals surface area contributed by atoms with Crippen molar-refractivity contribution in [1.82, 2.24) is 16.0 Å². The van der Waals surface area contributed by atoms with Gasteiger partial charge in [0.05, 0.1) is 12.6 Å². The molecule has 0 aromatic heterocycles. The van der Waals surface area contributed by atoms with Gasteiger partial charge in [0.1, 0.15) is 0 Å². The Hall–Kier alpha value is -2.04. The van der Waals surface area contributed by atoms with Gasteiger partial charge in [-0.1, -0.05) is 30.7 Å². The van der Waals surface area contributed by atoms with Gasteiger partial charge in [0.2, 0.25) is 5.91 Å². The molecule has 5 nitrogen and oxygen atoms in total. The largest absolute Gasteiger partial charge is 0.347 e. The molecule has 2 atom stereocenters. The zero-order chi connectivity index (χ0) is 14.7. The molecule has 1 aliphatic carbocycles. The van der Waals surface area contributed by atoms with Crippen molar-refractivity contribution in [3.8, 4) is 0 Å². The van der Waals surface area contributed by atoms with Gasteiger partial charge in [0, 0.05) is 7.05 Å². The Morgan fingerprint density at radius 3 is 2.80 bits per heavy atom. The van der Waals surface area contributed by atoms with Crippen LogP contribution in [0.1, 0.15) is 29.7 Å². The van der Waals surface area contributed by atoms with Crippen molar-refractivity contribution < 1.29 is 9.59 Å². The third-order valence-electron chi connectivity index (χ3n) is 3.70. The van der Waals surface area contributed by atoms with E-state index in [0.29, 0.717) is 5.92 Å². The predicted molar refractivity (Wildman–Crippen MR) is 77.4 cm³/mol. The van der Waals surface area contributed by atoms with Gasteiger partial charge < -0.3 is 16.0 Å². The van der Waals surface area contributed by atoms with Gasteiger partial charge in [-0.3, -0.25) is 4.79 Å². The first-order valence-corrected chi connectivity index (χ1v) is 6.85. The number of hydrogen-bond acceptors (Lipinski definition) is 2. The Labute approximate surface area is 119 Å². The highest BCUT2D eigenvalue weighted by molar-refractivity contribution is 5.84. The van der Waals surface area contributed by atoms with Gasteiger partial charge in [-0.05, 0) is 30.4 Å². The maximum absolute atomic E-state index is 11.9. The Balaban J connectivity index is 2.01. The summed E-state index contributed by atoms with van der Waals surface area (Å²) in [5.41, 5.74) is 3.69. The lowest BCUT2D eigenvalue weighted by atomic mass is 10.0. The number of hydrogen-bond donors (Lipinski definition) is 3. The molecule has 5 heteroatoms. The van der Waals surface area contributed by atoms with Crippen LogP contribution in [0.3, 0.4) is 0 Å². The number of fused-ring (bicyclic) bond motifs is 1. The van der Waals surface area contributed by atoms with Crippen LogP contribution in [0.15, 0.2) is 18.2 Å². The maximum atomic E-state index is 11.9. The van der Waals surface area contributed by atoms with Crippen LogP contribution in [0, 0.1) is 12.8 Å². The molecule has 2 unspecified atom stereocenters. The number of carbonyl (C=O) groups is 2. The van der Waals surface area contributed by atoms with Crippen molar-refractivity contribution in [2.75, 3.05) is 13.6 Å². The summed E-state index contributed by atoms with van der Waals surface area (Å²) in [5, 5.41) is 7.92. The number of carbonyl (C=O) groups excluding carboxylic acids is 2. The van der Waals surface area contributed by atoms with Crippen LogP contribution in [0.5, 0.6) is 0 Å². The average Bonchev–Trinajstić information content (AvgIpc) is 2.72. The van der Waals surface area contributed by atoms with Crippen molar-refractivity contribution in [3.05, 3.63) is 34.9 Å². The van der Waals surface area contributed by atoms with Crippen molar-refractivity contribution in [3.63, 3.8) is 0 Å². The van der Waals surface area contributed by atoms with Crippen LogP contribution in [0.25, 0.3) is 0 Å². The summed E-state index contributed by atoms with van der Waals surface area (Å²) in [7, 11) is 1.52. The molecule has 1 aliphatic rings. The molecule has 0 saturated heterocycles. The third kappa shape index (κ3) is 3.10. The van der Waals surface area contributed by atoms with Crippen LogP contribution in [0.4, 0.5) is 4.79 Å². The highest BCUT2D eigenvalue weighted by Gasteiger charge is 2.30. The monoisotopic (exact) mass is 275 g/mol. The lowest BCUT2D eigenvalue weighted by molar-refractivity contribution is -0.121. The number of urea groups is 1. The first kappa shape index (κ1) is 14.4. The minimum Gasteiger partial charge on any atom is -0.347 e. The average molecular weight is 275 g/mol. The van der Waals surface area contributed by atoms with Crippen LogP contribution in [-0.4, -0.2) is 25.5 Å². The highest BCUT2D eigenvalue weighted by Crippen LogP contribution is 2.36. The quantitative estimate of drug-likeness (QED) is 0.777. The van der Waals surface area contributed by atoms with E-state index in [9.17, 15) is 9.59 Å². The van der Waals surface area contributed by atoms with Gasteiger partial charge in [-0.15, -0.1) is 0 Å². The zero-order valence-corrected chi connectivity index (χ0v) is 12.1. The van der Waals surface area contributed by atoms with Gasteiger partial charge >= 0.3 is 6.03 Å². The second-order valence-electron chi connectivity index (χ2n) is 5.36. The summed E-state index contributed by atoms with van der Waals surface area (Å²) < 4.78 is 0. The van der Waals surface area contributed by atoms with E-state index >= 15 is 0 Å². The number of amides is 3. The Morgan fingerprint density at radius 2 is 2.10 bits per heavy atom. The standard InChI is InChI=1S/C15H21N3O2/c1-9-4-5-11-7-10(2)14(12(11)6-9)18-13(19)8-17-15(20)16-3/h4-6,10,14H,7-8H2,1-3H3,(H,18,19)(H2,16,17,20). The van der Waals surface area contributed by atoms with Crippen molar-refractivity contribution in [1.29, 1.82) is 0 Å². The van der Waals surface area contributed by atoms with E-state index in [4.69, 9.17) is 0 Å². The summed E-state index contributed by atoms with van der Waals surface area (Å²) in [6, 6.07) is 6.05. The topological polar surface area (TPSA) is 70.2 Å². The van der Waals surface area contributed by atoms with Gasteiger partial charge in [0.15, 0.2) is 0 Å². The Morgan fingerprint density at radius 1 is 1.35 bits per heavy atom. The zero-order valence-electron chi connectivity index (χ0n) is 12.1. The molecule has 0 bridgehead atoms. The molecular weight excluding hydrogens is 254 g/mol. The molecule has 1 aromatic rings. The van der Waals surface area contributed by atoms with E-state index in [-0.39, 0.29) is 24.5 Å². The van der Waals surface area contributed by atoms with Crippen LogP contribution >= 0.6 is 0 Å². The van der Waals surface area contributed by atoms with E-state index < -0.39 is 0 Å². The summed E-state index contributed by atoms with van der Waals surface area (Å²) in [6.45, 7) is 4.17. The van der Waals surface area contributed by atoms with Crippen LogP contribution in [-0.2, 0) is 11.2 Å². The van der Waals surface area contributed by atoms with Crippen molar-refractivity contribution in [2.24, 2.45) is 5.92 Å². The van der Waals surface area contributed by atoms with Crippen molar-refractivity contribution in [2.45, 2.75) is 26.3 Å². The van der Waals surface area contributed by atoms with Crippen molar-refractivity contribution >= 4 is 11.9 Å². The SMILES string of the molecule is CNC(=O)NCC(=O)NC1c2cc(C)ccc2CC1C. The lowest BCUT2D eigenvalue weighted by Crippen LogP contribution is -2.42. The van der Waals surface area contributed by atoms with Gasteiger partial charge in [-0.25, -0.2) is 4.79 Å². The van der Waals surface area contributed by atoms with Crippen LogP contribution in [0.2, 0.25) is 0 Å². The summed E-state index contributed by atoms with van der Waals surface area (Å²) in [6.07, 6.45) is 0.976. The van der Waals surface area contributed by atoms with E-state index in [1.165, 1.54) is 23.7 Å². The molecule has 0 fully saturated rings. The number of rotatable bonds is 3. The second kappa shape index (κ2) is 5.94. The summed E-state index contributed by atoms with van der Waals surface area (Å²) in [5.74, 6) is 0.204. The minimum absolute atomic E-state index is 0.00988. The minimum atomic E-state index is -0.351. The smallest absolute Gasteiger partial charge is 0.314 e. The molecular formula is C15H21N3O2. The normalized spacial score (nSPS) is 20.1. The Kier molecular flexibility index (Phi) is 4.27. The number of nitrogens with one attached hydrogen (secondary N) is 3. The van der Waals surface area contributed by atoms with E-state index in [1.54, 1.807) is 0 Å². The molecule has 2 rings (SSSR count). The summed E-state index contributed by atoms with van der Waals surface area (Å²) >= 11 is 0. The van der Waals surface area contributed by atoms with Gasteiger partial charge in [0.25, 0.3) is 0 Å². The first-order valence-electron chi connectivity index (χ1n) is 6.85. The first-order chi connectivity index (χ1) is 9.51. The molecule has 3 amide bonds. The fraction of sp³-hybridized carbons (Fsp3) is 0.467. The molecule has 0 heterocycles. The maximum Gasteiger partial charge on any atom is 0.314 e. The molecule has 0 spiro atoms. The fourth-order valence-electron chi connectivity index (χ4n) is 2.65. The Bertz CT molecular complexity index is 528. The second-order valence-corrected chi connectivity index (χ2v) is 5.36. The fourth-order valence-corrected chi connectivity index (χ4v) is 2.65. The predicted octanol–water partition coefficient (Wildman–Crippen LogP) is 1.27. The highest BCUT2D eigenvalue weighted by atomic mass is 16.2. The number of benzene rings is 1. The third-order valence-corrected chi connectivity index (χ3v) is 3.70. The lowest BCUT2D eigenvalue weighted by Gasteiger charge is -2.19. The van der Waals surface area contributed by atoms with Gasteiger partial charge in [-0.2, -0.15) is 0 Å². The van der Waals surface area contributed by atoms with Crippen LogP contribution < -0.4 is 16.0 Å². The van der Waals surface area contributed by atoms with E-state index in [0.717, 1.165) is 6.42 Å².